The molecule has 2 aromatic rings. The van der Waals surface area contributed by atoms with Crippen LogP contribution in [0.15, 0.2) is 30.5 Å². The van der Waals surface area contributed by atoms with Crippen molar-refractivity contribution in [1.82, 2.24) is 9.55 Å². The molecule has 1 heterocycles. The molecule has 4 heteroatoms. The summed E-state index contributed by atoms with van der Waals surface area (Å²) in [7, 11) is 1.72. The Bertz CT molecular complexity index is 600. The Morgan fingerprint density at radius 2 is 2.14 bits per heavy atom. The van der Waals surface area contributed by atoms with Crippen molar-refractivity contribution in [1.29, 1.82) is 0 Å². The zero-order valence-corrected chi connectivity index (χ0v) is 12.8. The number of rotatable bonds is 5. The molecule has 1 aliphatic carbocycles. The van der Waals surface area contributed by atoms with Gasteiger partial charge in [0.25, 0.3) is 0 Å². The smallest absolute Gasteiger partial charge is 0.207 e. The van der Waals surface area contributed by atoms with E-state index < -0.39 is 0 Å². The van der Waals surface area contributed by atoms with E-state index in [9.17, 15) is 0 Å². The molecule has 1 fully saturated rings. The Morgan fingerprint density at radius 3 is 2.90 bits per heavy atom. The highest BCUT2D eigenvalue weighted by molar-refractivity contribution is 5.45. The number of imidazole rings is 1. The molecule has 21 heavy (non-hydrogen) atoms. The van der Waals surface area contributed by atoms with E-state index in [1.165, 1.54) is 31.2 Å². The van der Waals surface area contributed by atoms with Crippen LogP contribution in [0.5, 0.6) is 0 Å². The fraction of sp³-hybridized carbons (Fsp3) is 0.471. The number of ether oxygens (including phenoxy) is 1. The van der Waals surface area contributed by atoms with Crippen LogP contribution in [0.1, 0.15) is 36.9 Å². The van der Waals surface area contributed by atoms with Crippen molar-refractivity contribution in [3.8, 4) is 5.69 Å². The number of nitrogens with one attached hydrogen (secondary N) is 1. The van der Waals surface area contributed by atoms with Crippen molar-refractivity contribution in [3.05, 3.63) is 41.7 Å². The van der Waals surface area contributed by atoms with E-state index in [2.05, 4.69) is 45.3 Å². The maximum absolute atomic E-state index is 5.22. The van der Waals surface area contributed by atoms with Gasteiger partial charge in [-0.3, -0.25) is 4.57 Å². The summed E-state index contributed by atoms with van der Waals surface area (Å²) in [5, 5.41) is 3.60. The molecular weight excluding hydrogens is 262 g/mol. The minimum Gasteiger partial charge on any atom is -0.380 e. The SMILES string of the molecule is COCc1cccc(-n2cc(C)nc2NC2CCCC2)c1. The Morgan fingerprint density at radius 1 is 1.33 bits per heavy atom. The molecule has 1 aliphatic rings. The molecule has 1 saturated carbocycles. The predicted octanol–water partition coefficient (Wildman–Crippen LogP) is 3.68. The average Bonchev–Trinajstić information content (AvgIpc) is 3.10. The van der Waals surface area contributed by atoms with Crippen LogP contribution in [0, 0.1) is 6.92 Å². The van der Waals surface area contributed by atoms with E-state index in [0.29, 0.717) is 12.6 Å². The maximum Gasteiger partial charge on any atom is 0.207 e. The zero-order valence-electron chi connectivity index (χ0n) is 12.8. The van der Waals surface area contributed by atoms with Crippen LogP contribution in [0.25, 0.3) is 5.69 Å². The first kappa shape index (κ1) is 14.1. The van der Waals surface area contributed by atoms with Gasteiger partial charge in [0, 0.05) is 25.0 Å². The van der Waals surface area contributed by atoms with Gasteiger partial charge in [0.15, 0.2) is 0 Å². The first-order chi connectivity index (χ1) is 10.3. The van der Waals surface area contributed by atoms with Crippen molar-refractivity contribution in [3.63, 3.8) is 0 Å². The first-order valence-electron chi connectivity index (χ1n) is 7.67. The summed E-state index contributed by atoms with van der Waals surface area (Å²) in [4.78, 5) is 4.65. The third-order valence-corrected chi connectivity index (χ3v) is 4.01. The molecule has 0 aliphatic heterocycles. The quantitative estimate of drug-likeness (QED) is 0.910. The number of anilines is 1. The lowest BCUT2D eigenvalue weighted by Gasteiger charge is -2.15. The van der Waals surface area contributed by atoms with E-state index in [4.69, 9.17) is 4.74 Å². The second kappa shape index (κ2) is 6.31. The van der Waals surface area contributed by atoms with Gasteiger partial charge in [-0.25, -0.2) is 4.98 Å². The van der Waals surface area contributed by atoms with Gasteiger partial charge in [-0.2, -0.15) is 0 Å². The number of nitrogens with zero attached hydrogens (tertiary/aromatic N) is 2. The molecule has 0 saturated heterocycles. The molecule has 0 atom stereocenters. The number of aryl methyl sites for hydroxylation is 1. The van der Waals surface area contributed by atoms with Crippen molar-refractivity contribution >= 4 is 5.95 Å². The zero-order chi connectivity index (χ0) is 14.7. The fourth-order valence-corrected chi connectivity index (χ4v) is 3.01. The van der Waals surface area contributed by atoms with E-state index in [0.717, 1.165) is 17.3 Å². The normalized spacial score (nSPS) is 15.5. The summed E-state index contributed by atoms with van der Waals surface area (Å²) in [6.07, 6.45) is 7.22. The van der Waals surface area contributed by atoms with Gasteiger partial charge in [0.2, 0.25) is 5.95 Å². The minimum atomic E-state index is 0.563. The lowest BCUT2D eigenvalue weighted by Crippen LogP contribution is -2.17. The number of hydrogen-bond acceptors (Lipinski definition) is 3. The Balaban J connectivity index is 1.88. The van der Waals surface area contributed by atoms with E-state index in [-0.39, 0.29) is 0 Å². The Hall–Kier alpha value is -1.81. The fourth-order valence-electron chi connectivity index (χ4n) is 3.01. The lowest BCUT2D eigenvalue weighted by molar-refractivity contribution is 0.185. The number of benzene rings is 1. The van der Waals surface area contributed by atoms with Gasteiger partial charge >= 0.3 is 0 Å². The molecule has 3 rings (SSSR count). The summed E-state index contributed by atoms with van der Waals surface area (Å²) in [5.41, 5.74) is 3.34. The van der Waals surface area contributed by atoms with E-state index >= 15 is 0 Å². The number of aromatic nitrogens is 2. The van der Waals surface area contributed by atoms with Crippen molar-refractivity contribution in [2.24, 2.45) is 0 Å². The van der Waals surface area contributed by atoms with Crippen molar-refractivity contribution < 1.29 is 4.74 Å². The molecule has 1 aromatic carbocycles. The second-order valence-corrected chi connectivity index (χ2v) is 5.80. The van der Waals surface area contributed by atoms with Crippen LogP contribution < -0.4 is 5.32 Å². The minimum absolute atomic E-state index is 0.563. The van der Waals surface area contributed by atoms with Gasteiger partial charge in [0.05, 0.1) is 12.3 Å². The third kappa shape index (κ3) is 3.27. The highest BCUT2D eigenvalue weighted by atomic mass is 16.5. The van der Waals surface area contributed by atoms with E-state index in [1.807, 2.05) is 6.92 Å². The summed E-state index contributed by atoms with van der Waals surface area (Å²) >= 11 is 0. The van der Waals surface area contributed by atoms with Gasteiger partial charge in [-0.1, -0.05) is 25.0 Å². The van der Waals surface area contributed by atoms with Crippen LogP contribution >= 0.6 is 0 Å². The average molecular weight is 285 g/mol. The van der Waals surface area contributed by atoms with Crippen LogP contribution in [0.3, 0.4) is 0 Å². The molecule has 1 N–H and O–H groups in total. The predicted molar refractivity (Wildman–Crippen MR) is 84.9 cm³/mol. The molecule has 0 unspecified atom stereocenters. The van der Waals surface area contributed by atoms with Gasteiger partial charge in [-0.05, 0) is 37.5 Å². The van der Waals surface area contributed by atoms with Crippen LogP contribution in [0.4, 0.5) is 5.95 Å². The topological polar surface area (TPSA) is 39.1 Å². The van der Waals surface area contributed by atoms with Gasteiger partial charge in [-0.15, -0.1) is 0 Å². The third-order valence-electron chi connectivity index (χ3n) is 4.01. The molecule has 0 spiro atoms. The molecule has 112 valence electrons. The Kier molecular flexibility index (Phi) is 4.25. The summed E-state index contributed by atoms with van der Waals surface area (Å²) < 4.78 is 7.37. The number of hydrogen-bond donors (Lipinski definition) is 1. The molecule has 0 amide bonds. The maximum atomic E-state index is 5.22. The summed E-state index contributed by atoms with van der Waals surface area (Å²) in [6.45, 7) is 2.67. The molecule has 1 aromatic heterocycles. The summed E-state index contributed by atoms with van der Waals surface area (Å²) in [6, 6.07) is 8.98. The molecule has 0 bridgehead atoms. The van der Waals surface area contributed by atoms with Crippen LogP contribution in [0.2, 0.25) is 0 Å². The van der Waals surface area contributed by atoms with E-state index in [1.54, 1.807) is 7.11 Å². The van der Waals surface area contributed by atoms with Gasteiger partial charge < -0.3 is 10.1 Å². The molecule has 4 nitrogen and oxygen atoms in total. The van der Waals surface area contributed by atoms with Crippen molar-refractivity contribution in [2.75, 3.05) is 12.4 Å². The van der Waals surface area contributed by atoms with Crippen LogP contribution in [-0.4, -0.2) is 22.7 Å². The molecule has 0 radical (unpaired) electrons. The number of methoxy groups -OCH3 is 1. The first-order valence-corrected chi connectivity index (χ1v) is 7.67. The largest absolute Gasteiger partial charge is 0.380 e. The Labute approximate surface area is 126 Å². The highest BCUT2D eigenvalue weighted by Gasteiger charge is 2.17. The molecular formula is C17H23N3O. The monoisotopic (exact) mass is 285 g/mol. The second-order valence-electron chi connectivity index (χ2n) is 5.80. The lowest BCUT2D eigenvalue weighted by atomic mass is 10.2. The van der Waals surface area contributed by atoms with Gasteiger partial charge in [0.1, 0.15) is 0 Å². The van der Waals surface area contributed by atoms with Crippen LogP contribution in [-0.2, 0) is 11.3 Å². The van der Waals surface area contributed by atoms with Crippen molar-refractivity contribution in [2.45, 2.75) is 45.3 Å². The summed E-state index contributed by atoms with van der Waals surface area (Å²) in [5.74, 6) is 0.953. The standard InChI is InChI=1S/C17H23N3O/c1-13-11-20(16-9-5-6-14(10-16)12-21-2)17(18-13)19-15-7-3-4-8-15/h5-6,9-11,15H,3-4,7-8,12H2,1-2H3,(H,18,19). The highest BCUT2D eigenvalue weighted by Crippen LogP contribution is 2.24.